The average Bonchev–Trinajstić information content (AvgIpc) is 3.32. The van der Waals surface area contributed by atoms with Crippen LogP contribution < -0.4 is 14.8 Å². The molecule has 4 aromatic rings. The maximum Gasteiger partial charge on any atom is 0.250 e. The number of rotatable bonds is 6. The first-order chi connectivity index (χ1) is 15.0. The molecule has 0 aliphatic heterocycles. The fourth-order valence-corrected chi connectivity index (χ4v) is 4.23. The second-order valence-corrected chi connectivity index (χ2v) is 7.99. The van der Waals surface area contributed by atoms with Crippen LogP contribution in [-0.4, -0.2) is 34.7 Å². The van der Waals surface area contributed by atoms with Crippen molar-refractivity contribution in [1.29, 1.82) is 0 Å². The lowest BCUT2D eigenvalue weighted by molar-refractivity contribution is -0.111. The number of thiazole rings is 1. The largest absolute Gasteiger partial charge is 0.497 e. The molecule has 2 heterocycles. The van der Waals surface area contributed by atoms with Crippen LogP contribution in [0.3, 0.4) is 0 Å². The zero-order valence-corrected chi connectivity index (χ0v) is 18.8. The smallest absolute Gasteiger partial charge is 0.250 e. The monoisotopic (exact) mass is 474 g/mol. The van der Waals surface area contributed by atoms with Crippen LogP contribution in [0.25, 0.3) is 22.3 Å². The average molecular weight is 475 g/mol. The van der Waals surface area contributed by atoms with Crippen LogP contribution in [0.5, 0.6) is 11.5 Å². The van der Waals surface area contributed by atoms with Crippen LogP contribution in [0, 0.1) is 0 Å². The van der Waals surface area contributed by atoms with Crippen LogP contribution >= 0.6 is 34.5 Å². The first-order valence-corrected chi connectivity index (χ1v) is 10.6. The van der Waals surface area contributed by atoms with Gasteiger partial charge in [0.15, 0.2) is 0 Å². The maximum atomic E-state index is 12.4. The predicted octanol–water partition coefficient (Wildman–Crippen LogP) is 5.43. The van der Waals surface area contributed by atoms with Crippen molar-refractivity contribution in [2.24, 2.45) is 0 Å². The number of carbonyl (C=O) groups is 1. The topological polar surface area (TPSA) is 77.8 Å². The summed E-state index contributed by atoms with van der Waals surface area (Å²) >= 11 is 13.7. The number of aromatic nitrogens is 3. The molecule has 0 bridgehead atoms. The number of carbonyl (C=O) groups excluding carboxylic acids is 1. The van der Waals surface area contributed by atoms with Gasteiger partial charge in [-0.3, -0.25) is 10.1 Å². The van der Waals surface area contributed by atoms with Crippen molar-refractivity contribution < 1.29 is 14.3 Å². The molecule has 0 radical (unpaired) electrons. The molecule has 2 aromatic heterocycles. The zero-order valence-electron chi connectivity index (χ0n) is 16.4. The minimum absolute atomic E-state index is 0.186. The van der Waals surface area contributed by atoms with E-state index in [0.29, 0.717) is 32.1 Å². The number of ether oxygens (including phenoxy) is 2. The molecule has 1 amide bonds. The van der Waals surface area contributed by atoms with Crippen molar-refractivity contribution in [3.8, 4) is 22.8 Å². The van der Waals surface area contributed by atoms with E-state index in [4.69, 9.17) is 32.7 Å². The first-order valence-electron chi connectivity index (χ1n) is 8.99. The Labute approximate surface area is 191 Å². The summed E-state index contributed by atoms with van der Waals surface area (Å²) in [6.07, 6.45) is 3.01. The Morgan fingerprint density at radius 3 is 2.74 bits per heavy atom. The summed E-state index contributed by atoms with van der Waals surface area (Å²) in [6.45, 7) is 0. The molecule has 0 saturated heterocycles. The van der Waals surface area contributed by atoms with Crippen molar-refractivity contribution in [2.75, 3.05) is 19.5 Å². The molecule has 0 unspecified atom stereocenters. The van der Waals surface area contributed by atoms with Gasteiger partial charge in [0.25, 0.3) is 11.9 Å². The Hall–Kier alpha value is -3.07. The van der Waals surface area contributed by atoms with Crippen LogP contribution in [0.4, 0.5) is 5.95 Å². The third-order valence-electron chi connectivity index (χ3n) is 4.37. The number of benzene rings is 2. The molecule has 0 aliphatic carbocycles. The van der Waals surface area contributed by atoms with E-state index in [9.17, 15) is 4.79 Å². The summed E-state index contributed by atoms with van der Waals surface area (Å²) < 4.78 is 12.2. The quantitative estimate of drug-likeness (QED) is 0.376. The van der Waals surface area contributed by atoms with Crippen molar-refractivity contribution in [1.82, 2.24) is 14.6 Å². The van der Waals surface area contributed by atoms with Crippen LogP contribution in [0.2, 0.25) is 10.0 Å². The number of nitrogens with zero attached hydrogens (tertiary/aromatic N) is 3. The van der Waals surface area contributed by atoms with Gasteiger partial charge in [0.2, 0.25) is 4.96 Å². The van der Waals surface area contributed by atoms with E-state index in [0.717, 1.165) is 11.3 Å². The molecule has 2 aromatic carbocycles. The molecule has 7 nitrogen and oxygen atoms in total. The van der Waals surface area contributed by atoms with Crippen LogP contribution in [0.15, 0.2) is 47.9 Å². The highest BCUT2D eigenvalue weighted by atomic mass is 35.5. The summed E-state index contributed by atoms with van der Waals surface area (Å²) in [7, 11) is 3.13. The molecule has 0 aliphatic rings. The van der Waals surface area contributed by atoms with Crippen LogP contribution in [-0.2, 0) is 4.79 Å². The van der Waals surface area contributed by atoms with Crippen LogP contribution in [0.1, 0.15) is 5.56 Å². The lowest BCUT2D eigenvalue weighted by Crippen LogP contribution is -2.09. The highest BCUT2D eigenvalue weighted by molar-refractivity contribution is 7.15. The highest BCUT2D eigenvalue weighted by Crippen LogP contribution is 2.33. The molecule has 0 saturated carbocycles. The highest BCUT2D eigenvalue weighted by Gasteiger charge is 2.15. The molecular weight excluding hydrogens is 459 g/mol. The number of hydrogen-bond acceptors (Lipinski definition) is 6. The number of hydrogen-bond donors (Lipinski definition) is 1. The standard InChI is InChI=1S/C21H16Cl2N4O3S/c1-29-14-5-7-18(30-2)12(9-14)3-8-19(28)24-20-25-21-27(26-20)17(11-31-21)15-6-4-13(22)10-16(15)23/h3-11H,1-2H3,(H,24,26,28)/b8-3+. The zero-order chi connectivity index (χ0) is 22.0. The SMILES string of the molecule is COc1ccc(OC)c(/C=C/C(=O)Nc2nc3scc(-c4ccc(Cl)cc4Cl)n3n2)c1. The number of anilines is 1. The van der Waals surface area contributed by atoms with Crippen molar-refractivity contribution in [3.63, 3.8) is 0 Å². The summed E-state index contributed by atoms with van der Waals surface area (Å²) in [4.78, 5) is 17.4. The summed E-state index contributed by atoms with van der Waals surface area (Å²) in [5.41, 5.74) is 2.23. The van der Waals surface area contributed by atoms with E-state index < -0.39 is 0 Å². The molecule has 31 heavy (non-hydrogen) atoms. The fraction of sp³-hybridized carbons (Fsp3) is 0.0952. The normalized spacial score (nSPS) is 11.2. The van der Waals surface area contributed by atoms with E-state index in [1.54, 1.807) is 55.1 Å². The first kappa shape index (κ1) is 21.2. The lowest BCUT2D eigenvalue weighted by Gasteiger charge is -2.07. The van der Waals surface area contributed by atoms with E-state index in [1.165, 1.54) is 17.4 Å². The molecule has 10 heteroatoms. The lowest BCUT2D eigenvalue weighted by atomic mass is 10.1. The van der Waals surface area contributed by atoms with E-state index in [-0.39, 0.29) is 11.9 Å². The van der Waals surface area contributed by atoms with Gasteiger partial charge in [-0.05, 0) is 42.5 Å². The number of methoxy groups -OCH3 is 2. The van der Waals surface area contributed by atoms with E-state index in [1.807, 2.05) is 11.4 Å². The molecule has 1 N–H and O–H groups in total. The molecule has 0 spiro atoms. The fourth-order valence-electron chi connectivity index (χ4n) is 2.90. The third-order valence-corrected chi connectivity index (χ3v) is 5.74. The Morgan fingerprint density at radius 1 is 1.16 bits per heavy atom. The van der Waals surface area contributed by atoms with Gasteiger partial charge in [0.1, 0.15) is 11.5 Å². The maximum absolute atomic E-state index is 12.4. The Kier molecular flexibility index (Phi) is 6.13. The second-order valence-electron chi connectivity index (χ2n) is 6.31. The van der Waals surface area contributed by atoms with Crippen molar-refractivity contribution in [2.45, 2.75) is 0 Å². The molecule has 158 valence electrons. The Balaban J connectivity index is 1.55. The number of fused-ring (bicyclic) bond motifs is 1. The van der Waals surface area contributed by atoms with Gasteiger partial charge in [-0.25, -0.2) is 4.52 Å². The van der Waals surface area contributed by atoms with Gasteiger partial charge in [0, 0.05) is 27.6 Å². The minimum atomic E-state index is -0.380. The molecular formula is C21H16Cl2N4O3S. The summed E-state index contributed by atoms with van der Waals surface area (Å²) in [5.74, 6) is 1.08. The van der Waals surface area contributed by atoms with Gasteiger partial charge in [-0.1, -0.05) is 23.2 Å². The van der Waals surface area contributed by atoms with Gasteiger partial charge in [0.05, 0.1) is 24.9 Å². The second kappa shape index (κ2) is 8.97. The molecule has 4 rings (SSSR count). The Morgan fingerprint density at radius 2 is 2.00 bits per heavy atom. The number of halogens is 2. The van der Waals surface area contributed by atoms with Gasteiger partial charge in [-0.2, -0.15) is 4.98 Å². The summed E-state index contributed by atoms with van der Waals surface area (Å²) in [6, 6.07) is 10.6. The molecule has 0 fully saturated rings. The van der Waals surface area contributed by atoms with Crippen molar-refractivity contribution in [3.05, 3.63) is 63.5 Å². The Bertz CT molecular complexity index is 1300. The number of nitrogens with one attached hydrogen (secondary N) is 1. The van der Waals surface area contributed by atoms with E-state index >= 15 is 0 Å². The van der Waals surface area contributed by atoms with Gasteiger partial charge < -0.3 is 9.47 Å². The number of amides is 1. The van der Waals surface area contributed by atoms with Crippen molar-refractivity contribution >= 4 is 57.4 Å². The predicted molar refractivity (Wildman–Crippen MR) is 124 cm³/mol. The van der Waals surface area contributed by atoms with Gasteiger partial charge in [-0.15, -0.1) is 16.4 Å². The molecule has 0 atom stereocenters. The minimum Gasteiger partial charge on any atom is -0.497 e. The van der Waals surface area contributed by atoms with Gasteiger partial charge >= 0.3 is 0 Å². The van der Waals surface area contributed by atoms with E-state index in [2.05, 4.69) is 15.4 Å². The summed E-state index contributed by atoms with van der Waals surface area (Å²) in [5, 5.41) is 9.99. The third kappa shape index (κ3) is 4.51.